The molecular formula is C13H9Cl2F2N. The fourth-order valence-electron chi connectivity index (χ4n) is 1.46. The topological polar surface area (TPSA) is 12.0 Å². The van der Waals surface area contributed by atoms with E-state index in [2.05, 4.69) is 5.32 Å². The minimum atomic E-state index is -0.880. The van der Waals surface area contributed by atoms with Gasteiger partial charge in [0, 0.05) is 18.3 Å². The fourth-order valence-corrected chi connectivity index (χ4v) is 1.78. The maximum Gasteiger partial charge on any atom is 0.160 e. The Morgan fingerprint density at radius 2 is 1.67 bits per heavy atom. The van der Waals surface area contributed by atoms with Crippen molar-refractivity contribution in [1.82, 2.24) is 0 Å². The van der Waals surface area contributed by atoms with Crippen molar-refractivity contribution in [3.8, 4) is 0 Å². The molecule has 0 atom stereocenters. The molecule has 94 valence electrons. The highest BCUT2D eigenvalue weighted by Crippen LogP contribution is 2.23. The highest BCUT2D eigenvalue weighted by molar-refractivity contribution is 6.42. The Bertz CT molecular complexity index is 521. The monoisotopic (exact) mass is 287 g/mol. The Morgan fingerprint density at radius 3 is 2.33 bits per heavy atom. The minimum Gasteiger partial charge on any atom is -0.381 e. The van der Waals surface area contributed by atoms with Gasteiger partial charge in [0.25, 0.3) is 0 Å². The molecule has 1 nitrogen and oxygen atoms in total. The number of rotatable bonds is 3. The van der Waals surface area contributed by atoms with E-state index in [-0.39, 0.29) is 0 Å². The average molecular weight is 288 g/mol. The molecule has 0 amide bonds. The van der Waals surface area contributed by atoms with Crippen molar-refractivity contribution in [2.75, 3.05) is 5.32 Å². The van der Waals surface area contributed by atoms with Gasteiger partial charge >= 0.3 is 0 Å². The first-order valence-electron chi connectivity index (χ1n) is 5.19. The molecule has 0 unspecified atom stereocenters. The van der Waals surface area contributed by atoms with Crippen molar-refractivity contribution in [2.45, 2.75) is 6.54 Å². The summed E-state index contributed by atoms with van der Waals surface area (Å²) in [5, 5.41) is 3.91. The van der Waals surface area contributed by atoms with Crippen molar-refractivity contribution in [2.24, 2.45) is 0 Å². The molecule has 18 heavy (non-hydrogen) atoms. The number of hydrogen-bond donors (Lipinski definition) is 1. The van der Waals surface area contributed by atoms with Crippen LogP contribution in [0.15, 0.2) is 36.4 Å². The number of anilines is 1. The first-order chi connectivity index (χ1) is 8.56. The Labute approximate surface area is 113 Å². The molecule has 2 aromatic rings. The number of nitrogens with one attached hydrogen (secondary N) is 1. The van der Waals surface area contributed by atoms with Crippen LogP contribution >= 0.6 is 23.2 Å². The summed E-state index contributed by atoms with van der Waals surface area (Å²) in [6.07, 6.45) is 0. The molecule has 5 heteroatoms. The lowest BCUT2D eigenvalue weighted by Crippen LogP contribution is -2.00. The molecule has 0 saturated heterocycles. The number of hydrogen-bond acceptors (Lipinski definition) is 1. The molecule has 0 aromatic heterocycles. The zero-order valence-corrected chi connectivity index (χ0v) is 10.7. The molecule has 1 N–H and O–H groups in total. The van der Waals surface area contributed by atoms with Gasteiger partial charge in [-0.15, -0.1) is 0 Å². The van der Waals surface area contributed by atoms with Crippen LogP contribution < -0.4 is 5.32 Å². The number of benzene rings is 2. The lowest BCUT2D eigenvalue weighted by Gasteiger charge is -2.07. The van der Waals surface area contributed by atoms with Crippen LogP contribution in [0.1, 0.15) is 5.56 Å². The number of halogens is 4. The Morgan fingerprint density at radius 1 is 0.889 bits per heavy atom. The van der Waals surface area contributed by atoms with E-state index in [0.29, 0.717) is 22.3 Å². The SMILES string of the molecule is Fc1ccc(NCc2ccc(Cl)c(Cl)c2)cc1F. The quantitative estimate of drug-likeness (QED) is 0.848. The van der Waals surface area contributed by atoms with Crippen LogP contribution in [-0.2, 0) is 6.54 Å². The average Bonchev–Trinajstić information content (AvgIpc) is 2.35. The van der Waals surface area contributed by atoms with Gasteiger partial charge in [0.05, 0.1) is 10.0 Å². The molecular weight excluding hydrogens is 279 g/mol. The zero-order valence-electron chi connectivity index (χ0n) is 9.18. The molecule has 0 aliphatic rings. The van der Waals surface area contributed by atoms with E-state index in [4.69, 9.17) is 23.2 Å². The first-order valence-corrected chi connectivity index (χ1v) is 5.95. The fraction of sp³-hybridized carbons (Fsp3) is 0.0769. The predicted octanol–water partition coefficient (Wildman–Crippen LogP) is 4.88. The van der Waals surface area contributed by atoms with E-state index < -0.39 is 11.6 Å². The van der Waals surface area contributed by atoms with Crippen molar-refractivity contribution < 1.29 is 8.78 Å². The largest absolute Gasteiger partial charge is 0.381 e. The summed E-state index contributed by atoms with van der Waals surface area (Å²) >= 11 is 11.7. The second kappa shape index (κ2) is 5.55. The van der Waals surface area contributed by atoms with E-state index in [1.807, 2.05) is 0 Å². The van der Waals surface area contributed by atoms with E-state index in [9.17, 15) is 8.78 Å². The van der Waals surface area contributed by atoms with Crippen LogP contribution in [0.5, 0.6) is 0 Å². The Balaban J connectivity index is 2.06. The van der Waals surface area contributed by atoms with Crippen LogP contribution in [0.2, 0.25) is 10.0 Å². The summed E-state index contributed by atoms with van der Waals surface area (Å²) < 4.78 is 25.7. The smallest absolute Gasteiger partial charge is 0.160 e. The minimum absolute atomic E-state index is 0.446. The molecule has 0 saturated carbocycles. The molecule has 2 aromatic carbocycles. The second-order valence-corrected chi connectivity index (χ2v) is 4.55. The zero-order chi connectivity index (χ0) is 13.1. The summed E-state index contributed by atoms with van der Waals surface area (Å²) in [6, 6.07) is 8.86. The van der Waals surface area contributed by atoms with E-state index in [1.54, 1.807) is 18.2 Å². The van der Waals surface area contributed by atoms with Crippen LogP contribution in [0, 0.1) is 11.6 Å². The molecule has 0 bridgehead atoms. The molecule has 0 heterocycles. The Hall–Kier alpha value is -1.32. The van der Waals surface area contributed by atoms with Crippen molar-refractivity contribution in [1.29, 1.82) is 0 Å². The normalized spacial score (nSPS) is 10.4. The van der Waals surface area contributed by atoms with Crippen LogP contribution in [0.4, 0.5) is 14.5 Å². The van der Waals surface area contributed by atoms with Gasteiger partial charge in [-0.25, -0.2) is 8.78 Å². The maximum atomic E-state index is 13.0. The standard InChI is InChI=1S/C13H9Cl2F2N/c14-10-3-1-8(5-11(10)15)7-18-9-2-4-12(16)13(17)6-9/h1-6,18H,7H2. The van der Waals surface area contributed by atoms with Crippen molar-refractivity contribution >= 4 is 28.9 Å². The molecule has 0 aliphatic carbocycles. The Kier molecular flexibility index (Phi) is 4.04. The molecule has 0 radical (unpaired) electrons. The third kappa shape index (κ3) is 3.12. The first kappa shape index (κ1) is 13.1. The molecule has 2 rings (SSSR count). The summed E-state index contributed by atoms with van der Waals surface area (Å²) in [4.78, 5) is 0. The molecule has 0 aliphatic heterocycles. The van der Waals surface area contributed by atoms with Gasteiger partial charge < -0.3 is 5.32 Å². The third-order valence-electron chi connectivity index (χ3n) is 2.40. The van der Waals surface area contributed by atoms with E-state index in [1.165, 1.54) is 6.07 Å². The summed E-state index contributed by atoms with van der Waals surface area (Å²) in [6.45, 7) is 0.446. The third-order valence-corrected chi connectivity index (χ3v) is 3.14. The van der Waals surface area contributed by atoms with E-state index >= 15 is 0 Å². The van der Waals surface area contributed by atoms with E-state index in [0.717, 1.165) is 17.7 Å². The van der Waals surface area contributed by atoms with Gasteiger partial charge in [0.2, 0.25) is 0 Å². The van der Waals surface area contributed by atoms with Gasteiger partial charge in [-0.05, 0) is 29.8 Å². The van der Waals surface area contributed by atoms with Gasteiger partial charge in [-0.1, -0.05) is 29.3 Å². The highest BCUT2D eigenvalue weighted by atomic mass is 35.5. The van der Waals surface area contributed by atoms with Gasteiger partial charge in [0.15, 0.2) is 11.6 Å². The van der Waals surface area contributed by atoms with Crippen molar-refractivity contribution in [3.05, 3.63) is 63.6 Å². The summed E-state index contributed by atoms with van der Waals surface area (Å²) in [5.41, 5.74) is 1.40. The van der Waals surface area contributed by atoms with Gasteiger partial charge in [-0.3, -0.25) is 0 Å². The second-order valence-electron chi connectivity index (χ2n) is 3.73. The van der Waals surface area contributed by atoms with Crippen LogP contribution in [0.25, 0.3) is 0 Å². The van der Waals surface area contributed by atoms with Gasteiger partial charge in [0.1, 0.15) is 0 Å². The molecule has 0 spiro atoms. The summed E-state index contributed by atoms with van der Waals surface area (Å²) in [5.74, 6) is -1.75. The molecule has 0 fully saturated rings. The lowest BCUT2D eigenvalue weighted by molar-refractivity contribution is 0.509. The summed E-state index contributed by atoms with van der Waals surface area (Å²) in [7, 11) is 0. The highest BCUT2D eigenvalue weighted by Gasteiger charge is 2.03. The maximum absolute atomic E-state index is 13.0. The van der Waals surface area contributed by atoms with Crippen LogP contribution in [-0.4, -0.2) is 0 Å². The van der Waals surface area contributed by atoms with Gasteiger partial charge in [-0.2, -0.15) is 0 Å². The predicted molar refractivity (Wildman–Crippen MR) is 70.1 cm³/mol. The van der Waals surface area contributed by atoms with Crippen LogP contribution in [0.3, 0.4) is 0 Å². The van der Waals surface area contributed by atoms with Crippen molar-refractivity contribution in [3.63, 3.8) is 0 Å². The lowest BCUT2D eigenvalue weighted by atomic mass is 10.2.